The molecule has 1 heterocycles. The fourth-order valence-corrected chi connectivity index (χ4v) is 2.57. The summed E-state index contributed by atoms with van der Waals surface area (Å²) in [7, 11) is 1.50. The lowest BCUT2D eigenvalue weighted by molar-refractivity contribution is 0.0897. The van der Waals surface area contributed by atoms with Gasteiger partial charge in [-0.25, -0.2) is 0 Å². The Kier molecular flexibility index (Phi) is 6.01. The number of rotatable bonds is 7. The number of aryl methyl sites for hydroxylation is 1. The van der Waals surface area contributed by atoms with Gasteiger partial charge in [0.15, 0.2) is 0 Å². The minimum Gasteiger partial charge on any atom is -0.496 e. The number of hydrogen-bond donors (Lipinski definition) is 2. The largest absolute Gasteiger partial charge is 0.496 e. The number of methoxy groups -OCH3 is 1. The molecular weight excluding hydrogens is 360 g/mol. The second-order valence-corrected chi connectivity index (χ2v) is 6.00. The van der Waals surface area contributed by atoms with Crippen LogP contribution in [0.3, 0.4) is 0 Å². The molecule has 0 atom stereocenters. The Hall–Kier alpha value is -3.68. The predicted molar refractivity (Wildman–Crippen MR) is 102 cm³/mol. The molecule has 28 heavy (non-hydrogen) atoms. The zero-order valence-corrected chi connectivity index (χ0v) is 15.6. The van der Waals surface area contributed by atoms with E-state index in [0.717, 1.165) is 11.1 Å². The van der Waals surface area contributed by atoms with Gasteiger partial charge in [-0.15, -0.1) is 0 Å². The summed E-state index contributed by atoms with van der Waals surface area (Å²) < 4.78 is 10.2. The first kappa shape index (κ1) is 19.1. The summed E-state index contributed by atoms with van der Waals surface area (Å²) in [6.07, 6.45) is 0. The van der Waals surface area contributed by atoms with Crippen LogP contribution in [-0.2, 0) is 0 Å². The van der Waals surface area contributed by atoms with Crippen LogP contribution in [0.4, 0.5) is 0 Å². The maximum atomic E-state index is 12.2. The van der Waals surface area contributed by atoms with Gasteiger partial charge in [0.2, 0.25) is 5.82 Å². The van der Waals surface area contributed by atoms with Crippen LogP contribution in [0.2, 0.25) is 0 Å². The molecule has 8 nitrogen and oxygen atoms in total. The molecule has 0 aliphatic heterocycles. The molecule has 1 aromatic heterocycles. The van der Waals surface area contributed by atoms with Crippen LogP contribution >= 0.6 is 0 Å². The third kappa shape index (κ3) is 4.53. The lowest BCUT2D eigenvalue weighted by Crippen LogP contribution is -2.34. The van der Waals surface area contributed by atoms with Crippen LogP contribution in [-0.4, -0.2) is 42.2 Å². The lowest BCUT2D eigenvalue weighted by Gasteiger charge is -2.09. The number of carbonyl (C=O) groups is 2. The van der Waals surface area contributed by atoms with E-state index in [-0.39, 0.29) is 24.9 Å². The minimum atomic E-state index is -0.502. The fourth-order valence-electron chi connectivity index (χ4n) is 2.57. The molecule has 144 valence electrons. The second-order valence-electron chi connectivity index (χ2n) is 6.00. The van der Waals surface area contributed by atoms with Crippen LogP contribution in [0.25, 0.3) is 11.4 Å². The summed E-state index contributed by atoms with van der Waals surface area (Å²) in [4.78, 5) is 28.4. The Morgan fingerprint density at radius 1 is 1.04 bits per heavy atom. The molecule has 0 saturated heterocycles. The monoisotopic (exact) mass is 380 g/mol. The fraction of sp³-hybridized carbons (Fsp3) is 0.200. The van der Waals surface area contributed by atoms with E-state index in [4.69, 9.17) is 9.26 Å². The molecule has 0 unspecified atom stereocenters. The number of aromatic nitrogens is 2. The zero-order chi connectivity index (χ0) is 19.9. The van der Waals surface area contributed by atoms with Crippen molar-refractivity contribution in [1.82, 2.24) is 20.8 Å². The molecule has 3 rings (SSSR count). The zero-order valence-electron chi connectivity index (χ0n) is 15.6. The van der Waals surface area contributed by atoms with E-state index < -0.39 is 5.91 Å². The summed E-state index contributed by atoms with van der Waals surface area (Å²) >= 11 is 0. The summed E-state index contributed by atoms with van der Waals surface area (Å²) in [5.74, 6) is -0.0892. The molecule has 2 aromatic carbocycles. The van der Waals surface area contributed by atoms with Crippen molar-refractivity contribution in [3.05, 3.63) is 65.5 Å². The predicted octanol–water partition coefficient (Wildman–Crippen LogP) is 2.21. The average Bonchev–Trinajstić information content (AvgIpc) is 3.21. The standard InChI is InChI=1S/C20H20N4O4/c1-13-6-5-7-14(12-13)17-23-20(28-24-17)19(26)22-11-10-21-18(25)15-8-3-4-9-16(15)27-2/h3-9,12H,10-11H2,1-2H3,(H,21,25)(H,22,26). The highest BCUT2D eigenvalue weighted by Gasteiger charge is 2.16. The molecule has 0 fully saturated rings. The van der Waals surface area contributed by atoms with Gasteiger partial charge < -0.3 is 19.9 Å². The first-order valence-corrected chi connectivity index (χ1v) is 8.68. The number of hydrogen-bond acceptors (Lipinski definition) is 6. The van der Waals surface area contributed by atoms with Crippen molar-refractivity contribution >= 4 is 11.8 Å². The van der Waals surface area contributed by atoms with Gasteiger partial charge in [0, 0.05) is 18.7 Å². The molecular formula is C20H20N4O4. The van der Waals surface area contributed by atoms with Crippen molar-refractivity contribution in [2.75, 3.05) is 20.2 Å². The number of amides is 2. The SMILES string of the molecule is COc1ccccc1C(=O)NCCNC(=O)c1nc(-c2cccc(C)c2)no1. The third-order valence-corrected chi connectivity index (χ3v) is 3.94. The number of nitrogens with one attached hydrogen (secondary N) is 2. The van der Waals surface area contributed by atoms with Gasteiger partial charge in [-0.2, -0.15) is 4.98 Å². The van der Waals surface area contributed by atoms with Gasteiger partial charge in [0.05, 0.1) is 12.7 Å². The van der Waals surface area contributed by atoms with E-state index in [1.807, 2.05) is 31.2 Å². The van der Waals surface area contributed by atoms with Crippen molar-refractivity contribution < 1.29 is 18.8 Å². The highest BCUT2D eigenvalue weighted by atomic mass is 16.5. The molecule has 2 N–H and O–H groups in total. The van der Waals surface area contributed by atoms with Crippen LogP contribution in [0, 0.1) is 6.92 Å². The first-order chi connectivity index (χ1) is 13.6. The van der Waals surface area contributed by atoms with Gasteiger partial charge in [-0.1, -0.05) is 41.1 Å². The van der Waals surface area contributed by atoms with E-state index in [9.17, 15) is 9.59 Å². The summed E-state index contributed by atoms with van der Waals surface area (Å²) in [5.41, 5.74) is 2.25. The Balaban J connectivity index is 1.50. The third-order valence-electron chi connectivity index (χ3n) is 3.94. The highest BCUT2D eigenvalue weighted by molar-refractivity contribution is 5.97. The quantitative estimate of drug-likeness (QED) is 0.609. The van der Waals surface area contributed by atoms with Crippen LogP contribution in [0.15, 0.2) is 53.1 Å². The summed E-state index contributed by atoms with van der Waals surface area (Å²) in [5, 5.41) is 9.18. The Morgan fingerprint density at radius 2 is 1.79 bits per heavy atom. The molecule has 2 amide bonds. The molecule has 8 heteroatoms. The number of ether oxygens (including phenoxy) is 1. The van der Waals surface area contributed by atoms with E-state index in [2.05, 4.69) is 20.8 Å². The topological polar surface area (TPSA) is 106 Å². The number of carbonyl (C=O) groups excluding carboxylic acids is 2. The molecule has 0 spiro atoms. The van der Waals surface area contributed by atoms with Gasteiger partial charge in [-0.3, -0.25) is 9.59 Å². The minimum absolute atomic E-state index is 0.132. The Morgan fingerprint density at radius 3 is 2.54 bits per heavy atom. The van der Waals surface area contributed by atoms with Gasteiger partial charge >= 0.3 is 11.8 Å². The van der Waals surface area contributed by atoms with E-state index >= 15 is 0 Å². The smallest absolute Gasteiger partial charge is 0.316 e. The second kappa shape index (κ2) is 8.81. The van der Waals surface area contributed by atoms with E-state index in [1.165, 1.54) is 7.11 Å². The normalized spacial score (nSPS) is 10.4. The summed E-state index contributed by atoms with van der Waals surface area (Å²) in [6.45, 7) is 2.40. The number of benzene rings is 2. The highest BCUT2D eigenvalue weighted by Crippen LogP contribution is 2.17. The maximum absolute atomic E-state index is 12.2. The molecule has 3 aromatic rings. The Labute approximate surface area is 161 Å². The van der Waals surface area contributed by atoms with Crippen molar-refractivity contribution in [3.8, 4) is 17.1 Å². The maximum Gasteiger partial charge on any atom is 0.316 e. The summed E-state index contributed by atoms with van der Waals surface area (Å²) in [6, 6.07) is 14.5. The molecule has 0 aliphatic carbocycles. The van der Waals surface area contributed by atoms with Crippen LogP contribution in [0.5, 0.6) is 5.75 Å². The molecule has 0 saturated carbocycles. The van der Waals surface area contributed by atoms with Gasteiger partial charge in [-0.05, 0) is 25.1 Å². The van der Waals surface area contributed by atoms with Gasteiger partial charge in [0.25, 0.3) is 5.91 Å². The molecule has 0 bridgehead atoms. The lowest BCUT2D eigenvalue weighted by atomic mass is 10.1. The average molecular weight is 380 g/mol. The first-order valence-electron chi connectivity index (χ1n) is 8.68. The van der Waals surface area contributed by atoms with Crippen molar-refractivity contribution in [2.24, 2.45) is 0 Å². The van der Waals surface area contributed by atoms with Crippen molar-refractivity contribution in [1.29, 1.82) is 0 Å². The molecule has 0 aliphatic rings. The number of nitrogens with zero attached hydrogens (tertiary/aromatic N) is 2. The van der Waals surface area contributed by atoms with E-state index in [1.54, 1.807) is 24.3 Å². The number of para-hydroxylation sites is 1. The van der Waals surface area contributed by atoms with Crippen molar-refractivity contribution in [2.45, 2.75) is 6.92 Å². The van der Waals surface area contributed by atoms with E-state index in [0.29, 0.717) is 17.1 Å². The van der Waals surface area contributed by atoms with Crippen LogP contribution < -0.4 is 15.4 Å². The van der Waals surface area contributed by atoms with Gasteiger partial charge in [0.1, 0.15) is 5.75 Å². The van der Waals surface area contributed by atoms with Crippen molar-refractivity contribution in [3.63, 3.8) is 0 Å². The Bertz CT molecular complexity index is 984. The molecule has 0 radical (unpaired) electrons. The van der Waals surface area contributed by atoms with Crippen LogP contribution in [0.1, 0.15) is 26.6 Å².